The van der Waals surface area contributed by atoms with Crippen molar-refractivity contribution in [2.24, 2.45) is 0 Å². The molecule has 100 valence electrons. The Morgan fingerprint density at radius 3 is 2.47 bits per heavy atom. The summed E-state index contributed by atoms with van der Waals surface area (Å²) in [7, 11) is 1.61. The summed E-state index contributed by atoms with van der Waals surface area (Å²) >= 11 is 0. The van der Waals surface area contributed by atoms with Gasteiger partial charge in [0.15, 0.2) is 0 Å². The van der Waals surface area contributed by atoms with Crippen molar-refractivity contribution < 1.29 is 9.47 Å². The molecule has 0 saturated carbocycles. The van der Waals surface area contributed by atoms with Gasteiger partial charge in [-0.1, -0.05) is 36.4 Å². The lowest BCUT2D eigenvalue weighted by Crippen LogP contribution is -2.00. The summed E-state index contributed by atoms with van der Waals surface area (Å²) < 4.78 is 10.8. The normalized spacial score (nSPS) is 10.4. The van der Waals surface area contributed by atoms with E-state index in [1.54, 1.807) is 7.11 Å². The lowest BCUT2D eigenvalue weighted by molar-refractivity contribution is 0.124. The zero-order valence-corrected chi connectivity index (χ0v) is 11.1. The summed E-state index contributed by atoms with van der Waals surface area (Å²) in [4.78, 5) is 0. The second-order valence-corrected chi connectivity index (χ2v) is 4.36. The lowest BCUT2D eigenvalue weighted by Gasteiger charge is -2.08. The van der Waals surface area contributed by atoms with Crippen LogP contribution in [0.3, 0.4) is 0 Å². The molecule has 0 heterocycles. The van der Waals surface area contributed by atoms with Crippen molar-refractivity contribution in [3.05, 3.63) is 59.7 Å². The Hall–Kier alpha value is -2.00. The molecule has 3 heteroatoms. The SMILES string of the molecule is COc1ccc(COCCc2ccccc2)cc1N. The van der Waals surface area contributed by atoms with Gasteiger partial charge in [0.1, 0.15) is 5.75 Å². The van der Waals surface area contributed by atoms with Gasteiger partial charge in [-0.15, -0.1) is 0 Å². The summed E-state index contributed by atoms with van der Waals surface area (Å²) in [5.74, 6) is 0.702. The number of hydrogen-bond acceptors (Lipinski definition) is 3. The van der Waals surface area contributed by atoms with Crippen molar-refractivity contribution in [3.63, 3.8) is 0 Å². The fourth-order valence-electron chi connectivity index (χ4n) is 1.90. The van der Waals surface area contributed by atoms with Gasteiger partial charge in [-0.3, -0.25) is 0 Å². The molecule has 0 amide bonds. The Labute approximate surface area is 114 Å². The standard InChI is InChI=1S/C16H19NO2/c1-18-16-8-7-14(11-15(16)17)12-19-10-9-13-5-3-2-4-6-13/h2-8,11H,9-10,12,17H2,1H3. The lowest BCUT2D eigenvalue weighted by atomic mass is 10.2. The topological polar surface area (TPSA) is 44.5 Å². The number of ether oxygens (including phenoxy) is 2. The van der Waals surface area contributed by atoms with Gasteiger partial charge in [0.25, 0.3) is 0 Å². The minimum Gasteiger partial charge on any atom is -0.495 e. The average Bonchev–Trinajstić information content (AvgIpc) is 2.45. The van der Waals surface area contributed by atoms with Crippen LogP contribution in [-0.2, 0) is 17.8 Å². The fraction of sp³-hybridized carbons (Fsp3) is 0.250. The first-order chi connectivity index (χ1) is 9.29. The Bertz CT molecular complexity index is 511. The predicted octanol–water partition coefficient (Wildman–Crippen LogP) is 3.04. The first kappa shape index (κ1) is 13.4. The van der Waals surface area contributed by atoms with Crippen molar-refractivity contribution in [1.82, 2.24) is 0 Å². The minimum absolute atomic E-state index is 0.570. The molecule has 0 fully saturated rings. The predicted molar refractivity (Wildman–Crippen MR) is 77.2 cm³/mol. The number of rotatable bonds is 6. The highest BCUT2D eigenvalue weighted by atomic mass is 16.5. The molecule has 0 bridgehead atoms. The van der Waals surface area contributed by atoms with Crippen LogP contribution in [0, 0.1) is 0 Å². The third kappa shape index (κ3) is 4.00. The first-order valence-electron chi connectivity index (χ1n) is 6.33. The van der Waals surface area contributed by atoms with Crippen molar-refractivity contribution in [2.45, 2.75) is 13.0 Å². The van der Waals surface area contributed by atoms with E-state index in [1.807, 2.05) is 36.4 Å². The quantitative estimate of drug-likeness (QED) is 0.639. The maximum absolute atomic E-state index is 5.85. The Morgan fingerprint density at radius 1 is 1.00 bits per heavy atom. The van der Waals surface area contributed by atoms with E-state index < -0.39 is 0 Å². The number of methoxy groups -OCH3 is 1. The van der Waals surface area contributed by atoms with E-state index in [9.17, 15) is 0 Å². The second-order valence-electron chi connectivity index (χ2n) is 4.36. The highest BCUT2D eigenvalue weighted by molar-refractivity contribution is 5.54. The molecule has 0 spiro atoms. The smallest absolute Gasteiger partial charge is 0.141 e. The van der Waals surface area contributed by atoms with Gasteiger partial charge in [0, 0.05) is 0 Å². The number of nitrogens with two attached hydrogens (primary N) is 1. The molecular weight excluding hydrogens is 238 g/mol. The van der Waals surface area contributed by atoms with Crippen LogP contribution in [0.25, 0.3) is 0 Å². The van der Waals surface area contributed by atoms with Crippen LogP contribution in [0.4, 0.5) is 5.69 Å². The molecule has 0 unspecified atom stereocenters. The van der Waals surface area contributed by atoms with Crippen LogP contribution in [0.2, 0.25) is 0 Å². The summed E-state index contributed by atoms with van der Waals surface area (Å²) in [5.41, 5.74) is 8.84. The molecular formula is C16H19NO2. The minimum atomic E-state index is 0.570. The average molecular weight is 257 g/mol. The van der Waals surface area contributed by atoms with Crippen LogP contribution in [0.1, 0.15) is 11.1 Å². The summed E-state index contributed by atoms with van der Waals surface area (Å²) in [6, 6.07) is 16.0. The van der Waals surface area contributed by atoms with Crippen molar-refractivity contribution >= 4 is 5.69 Å². The van der Waals surface area contributed by atoms with E-state index >= 15 is 0 Å². The van der Waals surface area contributed by atoms with Gasteiger partial charge >= 0.3 is 0 Å². The van der Waals surface area contributed by atoms with Crippen LogP contribution < -0.4 is 10.5 Å². The van der Waals surface area contributed by atoms with Crippen molar-refractivity contribution in [3.8, 4) is 5.75 Å². The maximum atomic E-state index is 5.85. The van der Waals surface area contributed by atoms with E-state index in [0.717, 1.165) is 12.0 Å². The molecule has 0 aliphatic carbocycles. The summed E-state index contributed by atoms with van der Waals surface area (Å²) in [6.45, 7) is 1.27. The van der Waals surface area contributed by atoms with Crippen molar-refractivity contribution in [2.75, 3.05) is 19.5 Å². The molecule has 0 aliphatic heterocycles. The van der Waals surface area contributed by atoms with E-state index in [0.29, 0.717) is 24.7 Å². The van der Waals surface area contributed by atoms with E-state index in [-0.39, 0.29) is 0 Å². The Kier molecular flexibility index (Phi) is 4.81. The van der Waals surface area contributed by atoms with Crippen molar-refractivity contribution in [1.29, 1.82) is 0 Å². The molecule has 2 N–H and O–H groups in total. The zero-order chi connectivity index (χ0) is 13.5. The fourth-order valence-corrected chi connectivity index (χ4v) is 1.90. The molecule has 3 nitrogen and oxygen atoms in total. The molecule has 2 rings (SSSR count). The van der Waals surface area contributed by atoms with Gasteiger partial charge in [-0.25, -0.2) is 0 Å². The highest BCUT2D eigenvalue weighted by Crippen LogP contribution is 2.22. The summed E-state index contributed by atoms with van der Waals surface area (Å²) in [5, 5.41) is 0. The highest BCUT2D eigenvalue weighted by Gasteiger charge is 2.01. The molecule has 0 aliphatic rings. The number of nitrogen functional groups attached to an aromatic ring is 1. The molecule has 0 radical (unpaired) electrons. The Balaban J connectivity index is 1.78. The van der Waals surface area contributed by atoms with Gasteiger partial charge in [0.05, 0.1) is 26.0 Å². The van der Waals surface area contributed by atoms with Gasteiger partial charge in [-0.05, 0) is 29.7 Å². The third-order valence-electron chi connectivity index (χ3n) is 2.94. The van der Waals surface area contributed by atoms with E-state index in [1.165, 1.54) is 5.56 Å². The van der Waals surface area contributed by atoms with Gasteiger partial charge < -0.3 is 15.2 Å². The van der Waals surface area contributed by atoms with E-state index in [4.69, 9.17) is 15.2 Å². The van der Waals surface area contributed by atoms with Gasteiger partial charge in [0.2, 0.25) is 0 Å². The first-order valence-corrected chi connectivity index (χ1v) is 6.33. The molecule has 2 aromatic carbocycles. The zero-order valence-electron chi connectivity index (χ0n) is 11.1. The monoisotopic (exact) mass is 257 g/mol. The van der Waals surface area contributed by atoms with Gasteiger partial charge in [-0.2, -0.15) is 0 Å². The number of anilines is 1. The number of hydrogen-bond donors (Lipinski definition) is 1. The molecule has 2 aromatic rings. The second kappa shape index (κ2) is 6.81. The van der Waals surface area contributed by atoms with E-state index in [2.05, 4.69) is 12.1 Å². The molecule has 19 heavy (non-hydrogen) atoms. The summed E-state index contributed by atoms with van der Waals surface area (Å²) in [6.07, 6.45) is 0.923. The number of benzene rings is 2. The van der Waals surface area contributed by atoms with Crippen LogP contribution in [0.15, 0.2) is 48.5 Å². The Morgan fingerprint density at radius 2 is 1.79 bits per heavy atom. The maximum Gasteiger partial charge on any atom is 0.141 e. The molecule has 0 saturated heterocycles. The molecule has 0 atom stereocenters. The third-order valence-corrected chi connectivity index (χ3v) is 2.94. The van der Waals surface area contributed by atoms with Crippen LogP contribution >= 0.6 is 0 Å². The molecule has 0 aromatic heterocycles. The van der Waals surface area contributed by atoms with Crippen LogP contribution in [0.5, 0.6) is 5.75 Å². The van der Waals surface area contributed by atoms with Crippen LogP contribution in [-0.4, -0.2) is 13.7 Å². The largest absolute Gasteiger partial charge is 0.495 e.